The van der Waals surface area contributed by atoms with Crippen molar-refractivity contribution in [2.24, 2.45) is 5.73 Å². The van der Waals surface area contributed by atoms with Crippen molar-refractivity contribution in [3.05, 3.63) is 12.2 Å². The van der Waals surface area contributed by atoms with Gasteiger partial charge in [-0.05, 0) is 38.5 Å². The van der Waals surface area contributed by atoms with Crippen LogP contribution in [0.3, 0.4) is 0 Å². The molecule has 3 atom stereocenters. The molecule has 0 bridgehead atoms. The Morgan fingerprint density at radius 2 is 1.00 bits per heavy atom. The first-order valence-electron chi connectivity index (χ1n) is 19.7. The summed E-state index contributed by atoms with van der Waals surface area (Å²) in [5.74, 6) is -2.38. The van der Waals surface area contributed by atoms with Gasteiger partial charge in [-0.1, -0.05) is 142 Å². The fraction of sp³-hybridized carbons (Fsp3) is 0.868. The number of phosphoric ester groups is 1. The van der Waals surface area contributed by atoms with Gasteiger partial charge in [-0.2, -0.15) is 0 Å². The van der Waals surface area contributed by atoms with Gasteiger partial charge in [0.15, 0.2) is 6.10 Å². The third kappa shape index (κ3) is 33.4. The van der Waals surface area contributed by atoms with Gasteiger partial charge in [-0.3, -0.25) is 23.4 Å². The zero-order valence-corrected chi connectivity index (χ0v) is 32.4. The highest BCUT2D eigenvalue weighted by atomic mass is 31.2. The number of hydrogen-bond donors (Lipinski definition) is 3. The van der Waals surface area contributed by atoms with Crippen LogP contribution in [0.1, 0.15) is 181 Å². The third-order valence-electron chi connectivity index (χ3n) is 8.51. The molecule has 0 aromatic rings. The molecular weight excluding hydrogens is 661 g/mol. The minimum atomic E-state index is -4.71. The number of carboxylic acids is 1. The predicted molar refractivity (Wildman–Crippen MR) is 199 cm³/mol. The number of hydrogen-bond acceptors (Lipinski definition) is 9. The summed E-state index contributed by atoms with van der Waals surface area (Å²) >= 11 is 0. The summed E-state index contributed by atoms with van der Waals surface area (Å²) in [7, 11) is -4.71. The number of ether oxygens (including phenoxy) is 2. The molecule has 0 aromatic carbocycles. The molecule has 0 saturated heterocycles. The maximum absolute atomic E-state index is 12.6. The van der Waals surface area contributed by atoms with E-state index in [0.717, 1.165) is 57.8 Å². The average Bonchev–Trinajstić information content (AvgIpc) is 3.09. The van der Waals surface area contributed by atoms with Crippen LogP contribution in [0.2, 0.25) is 0 Å². The number of esters is 2. The summed E-state index contributed by atoms with van der Waals surface area (Å²) in [6.07, 6.45) is 31.3. The highest BCUT2D eigenvalue weighted by Crippen LogP contribution is 2.43. The van der Waals surface area contributed by atoms with Crippen LogP contribution in [-0.2, 0) is 37.5 Å². The zero-order chi connectivity index (χ0) is 37.1. The van der Waals surface area contributed by atoms with E-state index in [1.54, 1.807) is 0 Å². The van der Waals surface area contributed by atoms with E-state index in [9.17, 15) is 23.8 Å². The second-order valence-electron chi connectivity index (χ2n) is 13.4. The van der Waals surface area contributed by atoms with Crippen LogP contribution in [0.25, 0.3) is 0 Å². The predicted octanol–water partition coefficient (Wildman–Crippen LogP) is 9.73. The zero-order valence-electron chi connectivity index (χ0n) is 31.5. The summed E-state index contributed by atoms with van der Waals surface area (Å²) < 4.78 is 32.6. The van der Waals surface area contributed by atoms with Crippen LogP contribution < -0.4 is 5.73 Å². The van der Waals surface area contributed by atoms with Crippen molar-refractivity contribution < 1.29 is 47.5 Å². The van der Waals surface area contributed by atoms with Crippen molar-refractivity contribution in [3.8, 4) is 0 Å². The smallest absolute Gasteiger partial charge is 0.472 e. The van der Waals surface area contributed by atoms with Crippen LogP contribution in [0.5, 0.6) is 0 Å². The van der Waals surface area contributed by atoms with Crippen molar-refractivity contribution in [1.82, 2.24) is 0 Å². The molecule has 4 N–H and O–H groups in total. The fourth-order valence-corrected chi connectivity index (χ4v) is 6.13. The number of carbonyl (C=O) groups excluding carboxylic acids is 2. The summed E-state index contributed by atoms with van der Waals surface area (Å²) in [4.78, 5) is 45.7. The first-order chi connectivity index (χ1) is 24.1. The number of rotatable bonds is 37. The minimum Gasteiger partial charge on any atom is -0.480 e. The highest BCUT2D eigenvalue weighted by molar-refractivity contribution is 7.47. The Morgan fingerprint density at radius 1 is 0.600 bits per heavy atom. The molecule has 0 spiro atoms. The lowest BCUT2D eigenvalue weighted by atomic mass is 10.0. The largest absolute Gasteiger partial charge is 0.480 e. The SMILES string of the molecule is CCCCCCC/C=C\CCCCCCCC(=O)OC(COC(=O)CCCCCCCCCCCCCC)COP(=O)(O)OCC(N)C(=O)O. The maximum Gasteiger partial charge on any atom is 0.472 e. The quantitative estimate of drug-likeness (QED) is 0.0240. The molecule has 0 aliphatic heterocycles. The number of unbranched alkanes of at least 4 members (excludes halogenated alkanes) is 21. The molecule has 0 radical (unpaired) electrons. The van der Waals surface area contributed by atoms with Crippen molar-refractivity contribution in [2.45, 2.75) is 193 Å². The average molecular weight is 734 g/mol. The molecule has 0 aliphatic carbocycles. The van der Waals surface area contributed by atoms with E-state index < -0.39 is 51.1 Å². The van der Waals surface area contributed by atoms with Crippen LogP contribution in [-0.4, -0.2) is 59.9 Å². The minimum absolute atomic E-state index is 0.155. The van der Waals surface area contributed by atoms with Crippen LogP contribution in [0.15, 0.2) is 12.2 Å². The molecule has 0 saturated carbocycles. The Labute approximate surface area is 303 Å². The third-order valence-corrected chi connectivity index (χ3v) is 9.46. The lowest BCUT2D eigenvalue weighted by molar-refractivity contribution is -0.161. The Bertz CT molecular complexity index is 916. The van der Waals surface area contributed by atoms with Crippen molar-refractivity contribution in [3.63, 3.8) is 0 Å². The molecule has 0 heterocycles. The second kappa shape index (κ2) is 34.3. The Balaban J connectivity index is 4.43. The van der Waals surface area contributed by atoms with Gasteiger partial charge in [0.1, 0.15) is 12.6 Å². The lowest BCUT2D eigenvalue weighted by Gasteiger charge is -2.20. The number of carboxylic acid groups (broad SMARTS) is 1. The van der Waals surface area contributed by atoms with Gasteiger partial charge in [-0.25, -0.2) is 4.57 Å². The Kier molecular flexibility index (Phi) is 33.1. The second-order valence-corrected chi connectivity index (χ2v) is 14.9. The van der Waals surface area contributed by atoms with E-state index >= 15 is 0 Å². The van der Waals surface area contributed by atoms with E-state index in [4.69, 9.17) is 24.8 Å². The van der Waals surface area contributed by atoms with Gasteiger partial charge in [0, 0.05) is 12.8 Å². The number of aliphatic carboxylic acids is 1. The fourth-order valence-electron chi connectivity index (χ4n) is 5.35. The van der Waals surface area contributed by atoms with Crippen molar-refractivity contribution in [2.75, 3.05) is 19.8 Å². The molecule has 12 heteroatoms. The standard InChI is InChI=1S/C38H72NO10P/c1-3-5-7-9-11-13-15-17-18-20-22-24-26-28-30-37(41)49-34(32-47-50(44,45)48-33-35(39)38(42)43)31-46-36(40)29-27-25-23-21-19-16-14-12-10-8-6-4-2/h15,17,34-35H,3-14,16,18-33,39H2,1-2H3,(H,42,43)(H,44,45)/b17-15-. The van der Waals surface area contributed by atoms with Gasteiger partial charge < -0.3 is 25.2 Å². The van der Waals surface area contributed by atoms with E-state index in [1.807, 2.05) is 0 Å². The monoisotopic (exact) mass is 733 g/mol. The molecule has 0 aromatic heterocycles. The van der Waals surface area contributed by atoms with E-state index in [-0.39, 0.29) is 19.4 Å². The molecule has 11 nitrogen and oxygen atoms in total. The van der Waals surface area contributed by atoms with Crippen LogP contribution in [0, 0.1) is 0 Å². The molecule has 0 rings (SSSR count). The molecule has 3 unspecified atom stereocenters. The van der Waals surface area contributed by atoms with Gasteiger partial charge in [0.2, 0.25) is 0 Å². The topological polar surface area (TPSA) is 172 Å². The number of phosphoric acid groups is 1. The van der Waals surface area contributed by atoms with Gasteiger partial charge in [0.25, 0.3) is 0 Å². The summed E-state index contributed by atoms with van der Waals surface area (Å²) in [6.45, 7) is 2.77. The molecule has 50 heavy (non-hydrogen) atoms. The summed E-state index contributed by atoms with van der Waals surface area (Å²) in [5, 5.41) is 8.86. The molecule has 294 valence electrons. The van der Waals surface area contributed by atoms with Gasteiger partial charge in [-0.15, -0.1) is 0 Å². The Morgan fingerprint density at radius 3 is 1.46 bits per heavy atom. The van der Waals surface area contributed by atoms with Crippen LogP contribution in [0.4, 0.5) is 0 Å². The van der Waals surface area contributed by atoms with E-state index in [0.29, 0.717) is 12.8 Å². The summed E-state index contributed by atoms with van der Waals surface area (Å²) in [6, 6.07) is -1.52. The van der Waals surface area contributed by atoms with E-state index in [2.05, 4.69) is 30.5 Å². The maximum atomic E-state index is 12.6. The van der Waals surface area contributed by atoms with Crippen LogP contribution >= 0.6 is 7.82 Å². The molecule has 0 amide bonds. The van der Waals surface area contributed by atoms with Crippen molar-refractivity contribution >= 4 is 25.7 Å². The first-order valence-corrected chi connectivity index (χ1v) is 21.2. The molecule has 0 aliphatic rings. The molecule has 0 fully saturated rings. The Hall–Kier alpha value is -1.78. The normalized spacial score (nSPS) is 14.0. The first kappa shape index (κ1) is 48.2. The number of carbonyl (C=O) groups is 3. The van der Waals surface area contributed by atoms with Gasteiger partial charge in [0.05, 0.1) is 13.2 Å². The molecular formula is C38H72NO10P. The number of allylic oxidation sites excluding steroid dienone is 2. The number of nitrogens with two attached hydrogens (primary N) is 1. The summed E-state index contributed by atoms with van der Waals surface area (Å²) in [5.41, 5.74) is 5.32. The van der Waals surface area contributed by atoms with E-state index in [1.165, 1.54) is 83.5 Å². The van der Waals surface area contributed by atoms with Gasteiger partial charge >= 0.3 is 25.7 Å². The van der Waals surface area contributed by atoms with Crippen molar-refractivity contribution in [1.29, 1.82) is 0 Å². The lowest BCUT2D eigenvalue weighted by Crippen LogP contribution is -2.34. The highest BCUT2D eigenvalue weighted by Gasteiger charge is 2.28.